The van der Waals surface area contributed by atoms with Crippen molar-refractivity contribution in [2.75, 3.05) is 13.2 Å². The summed E-state index contributed by atoms with van der Waals surface area (Å²) in [6, 6.07) is -0.794. The van der Waals surface area contributed by atoms with E-state index in [0.29, 0.717) is 6.42 Å². The van der Waals surface area contributed by atoms with Gasteiger partial charge in [-0.05, 0) is 19.3 Å². The number of hydrogen-bond acceptors (Lipinski definition) is 8. The van der Waals surface area contributed by atoms with Crippen LogP contribution in [0.5, 0.6) is 0 Å². The van der Waals surface area contributed by atoms with Gasteiger partial charge in [0.15, 0.2) is 6.29 Å². The van der Waals surface area contributed by atoms with Crippen LogP contribution in [-0.2, 0) is 14.3 Å². The Hall–Kier alpha value is -1.07. The van der Waals surface area contributed by atoms with Gasteiger partial charge < -0.3 is 40.3 Å². The highest BCUT2D eigenvalue weighted by Gasteiger charge is 2.44. The molecule has 1 fully saturated rings. The number of hydrogen-bond donors (Lipinski definition) is 6. The number of ether oxygens (including phenoxy) is 2. The van der Waals surface area contributed by atoms with Crippen LogP contribution in [0.15, 0.2) is 12.2 Å². The summed E-state index contributed by atoms with van der Waals surface area (Å²) in [5.74, 6) is -0.195. The van der Waals surface area contributed by atoms with Crippen molar-refractivity contribution in [2.45, 2.75) is 211 Å². The third kappa shape index (κ3) is 21.6. The summed E-state index contributed by atoms with van der Waals surface area (Å²) in [6.45, 7) is 3.63. The predicted molar refractivity (Wildman–Crippen MR) is 189 cm³/mol. The zero-order chi connectivity index (χ0) is 34.5. The number of aliphatic hydroxyl groups excluding tert-OH is 5. The molecule has 1 rings (SSSR count). The minimum atomic E-state index is -1.56. The Morgan fingerprint density at radius 2 is 1.17 bits per heavy atom. The zero-order valence-corrected chi connectivity index (χ0v) is 30.0. The van der Waals surface area contributed by atoms with Crippen molar-refractivity contribution >= 4 is 5.91 Å². The quantitative estimate of drug-likeness (QED) is 0.0357. The second kappa shape index (κ2) is 29.8. The summed E-state index contributed by atoms with van der Waals surface area (Å²) in [4.78, 5) is 12.6. The largest absolute Gasteiger partial charge is 0.394 e. The maximum atomic E-state index is 12.6. The predicted octanol–water partition coefficient (Wildman–Crippen LogP) is 6.61. The molecular formula is C38H73NO8. The third-order valence-electron chi connectivity index (χ3n) is 9.36. The maximum Gasteiger partial charge on any atom is 0.220 e. The highest BCUT2D eigenvalue weighted by atomic mass is 16.7. The Balaban J connectivity index is 2.27. The van der Waals surface area contributed by atoms with E-state index in [1.165, 1.54) is 103 Å². The van der Waals surface area contributed by atoms with E-state index in [1.54, 1.807) is 6.08 Å². The van der Waals surface area contributed by atoms with E-state index in [0.717, 1.165) is 44.9 Å². The Labute approximate surface area is 286 Å². The molecule has 47 heavy (non-hydrogen) atoms. The number of unbranched alkanes of at least 4 members (excludes halogenated alkanes) is 21. The van der Waals surface area contributed by atoms with E-state index < -0.39 is 49.5 Å². The molecule has 0 aromatic carbocycles. The first kappa shape index (κ1) is 44.0. The van der Waals surface area contributed by atoms with Crippen LogP contribution in [0.4, 0.5) is 0 Å². The summed E-state index contributed by atoms with van der Waals surface area (Å²) in [5.41, 5.74) is 0. The Kier molecular flexibility index (Phi) is 27.9. The average Bonchev–Trinajstić information content (AvgIpc) is 3.07. The molecule has 0 aliphatic carbocycles. The monoisotopic (exact) mass is 672 g/mol. The fourth-order valence-electron chi connectivity index (χ4n) is 6.15. The molecule has 7 atom stereocenters. The average molecular weight is 672 g/mol. The van der Waals surface area contributed by atoms with Crippen LogP contribution in [0.2, 0.25) is 0 Å². The van der Waals surface area contributed by atoms with Crippen LogP contribution in [0.1, 0.15) is 168 Å². The molecule has 0 saturated carbocycles. The van der Waals surface area contributed by atoms with Crippen LogP contribution < -0.4 is 5.32 Å². The van der Waals surface area contributed by atoms with Crippen LogP contribution in [0.25, 0.3) is 0 Å². The van der Waals surface area contributed by atoms with Gasteiger partial charge in [-0.2, -0.15) is 0 Å². The lowest BCUT2D eigenvalue weighted by Gasteiger charge is -2.40. The van der Waals surface area contributed by atoms with Crippen molar-refractivity contribution in [1.29, 1.82) is 0 Å². The SMILES string of the molecule is CCCCCCCCCCCCCCCCCCCC/C=C/C(O)C(COC1OC(CO)C(O)C(O)C1O)NC(=O)CCCCCC. The highest BCUT2D eigenvalue weighted by molar-refractivity contribution is 5.76. The van der Waals surface area contributed by atoms with Crippen LogP contribution in [0.3, 0.4) is 0 Å². The summed E-state index contributed by atoms with van der Waals surface area (Å²) in [7, 11) is 0. The van der Waals surface area contributed by atoms with Crippen LogP contribution >= 0.6 is 0 Å². The first-order chi connectivity index (χ1) is 22.8. The van der Waals surface area contributed by atoms with E-state index in [2.05, 4.69) is 19.2 Å². The lowest BCUT2D eigenvalue weighted by molar-refractivity contribution is -0.302. The molecule has 9 heteroatoms. The second-order valence-electron chi connectivity index (χ2n) is 13.7. The molecule has 0 aromatic rings. The Morgan fingerprint density at radius 1 is 0.702 bits per heavy atom. The maximum absolute atomic E-state index is 12.6. The molecule has 1 aliphatic rings. The van der Waals surface area contributed by atoms with Crippen LogP contribution in [-0.4, -0.2) is 87.5 Å². The van der Waals surface area contributed by atoms with Gasteiger partial charge >= 0.3 is 0 Å². The molecular weight excluding hydrogens is 598 g/mol. The second-order valence-corrected chi connectivity index (χ2v) is 13.7. The number of amides is 1. The zero-order valence-electron chi connectivity index (χ0n) is 30.0. The molecule has 6 N–H and O–H groups in total. The molecule has 7 unspecified atom stereocenters. The van der Waals surface area contributed by atoms with Gasteiger partial charge in [0.25, 0.3) is 0 Å². The number of nitrogens with one attached hydrogen (secondary N) is 1. The number of rotatable bonds is 31. The smallest absolute Gasteiger partial charge is 0.220 e. The third-order valence-corrected chi connectivity index (χ3v) is 9.36. The number of aliphatic hydroxyl groups is 5. The van der Waals surface area contributed by atoms with Crippen LogP contribution in [0, 0.1) is 0 Å². The topological polar surface area (TPSA) is 149 Å². The van der Waals surface area contributed by atoms with Gasteiger partial charge in [-0.15, -0.1) is 0 Å². The molecule has 1 amide bonds. The van der Waals surface area contributed by atoms with Gasteiger partial charge in [0.1, 0.15) is 24.4 Å². The van der Waals surface area contributed by atoms with Crippen molar-refractivity contribution in [2.24, 2.45) is 0 Å². The van der Waals surface area contributed by atoms with E-state index in [4.69, 9.17) is 9.47 Å². The number of allylic oxidation sites excluding steroid dienone is 1. The van der Waals surface area contributed by atoms with E-state index in [1.807, 2.05) is 6.08 Å². The standard InChI is InChI=1S/C38H73NO8/c1-3-5-7-9-10-11-12-13-14-15-16-17-18-19-20-21-22-23-24-25-27-32(41)31(39-34(42)28-26-8-6-4-2)30-46-38-37(45)36(44)35(43)33(29-40)47-38/h25,27,31-33,35-38,40-41,43-45H,3-24,26,28-30H2,1-2H3,(H,39,42)/b27-25+. The van der Waals surface area contributed by atoms with E-state index >= 15 is 0 Å². The van der Waals surface area contributed by atoms with Crippen molar-refractivity contribution in [3.63, 3.8) is 0 Å². The lowest BCUT2D eigenvalue weighted by atomic mass is 9.99. The fourth-order valence-corrected chi connectivity index (χ4v) is 6.15. The fraction of sp³-hybridized carbons (Fsp3) is 0.921. The van der Waals surface area contributed by atoms with Gasteiger partial charge in [-0.1, -0.05) is 154 Å². The molecule has 0 bridgehead atoms. The van der Waals surface area contributed by atoms with Gasteiger partial charge in [0.05, 0.1) is 25.4 Å². The highest BCUT2D eigenvalue weighted by Crippen LogP contribution is 2.22. The van der Waals surface area contributed by atoms with E-state index in [9.17, 15) is 30.3 Å². The van der Waals surface area contributed by atoms with Gasteiger partial charge in [0.2, 0.25) is 5.91 Å². The molecule has 0 aromatic heterocycles. The number of carbonyl (C=O) groups excluding carboxylic acids is 1. The van der Waals surface area contributed by atoms with Crippen molar-refractivity contribution < 1.29 is 39.8 Å². The summed E-state index contributed by atoms with van der Waals surface area (Å²) < 4.78 is 11.1. The summed E-state index contributed by atoms with van der Waals surface area (Å²) >= 11 is 0. The normalized spacial score (nSPS) is 22.9. The van der Waals surface area contributed by atoms with Gasteiger partial charge in [-0.3, -0.25) is 4.79 Å². The molecule has 1 heterocycles. The van der Waals surface area contributed by atoms with Gasteiger partial charge in [-0.25, -0.2) is 0 Å². The summed E-state index contributed by atoms with van der Waals surface area (Å²) in [6.07, 6.45) is 24.6. The molecule has 0 spiro atoms. The molecule has 1 aliphatic heterocycles. The first-order valence-corrected chi connectivity index (χ1v) is 19.4. The Morgan fingerprint density at radius 3 is 1.66 bits per heavy atom. The number of carbonyl (C=O) groups is 1. The molecule has 9 nitrogen and oxygen atoms in total. The van der Waals surface area contributed by atoms with Gasteiger partial charge in [0, 0.05) is 6.42 Å². The summed E-state index contributed by atoms with van der Waals surface area (Å²) in [5, 5.41) is 53.5. The van der Waals surface area contributed by atoms with Crippen molar-refractivity contribution in [1.82, 2.24) is 5.32 Å². The molecule has 0 radical (unpaired) electrons. The molecule has 1 saturated heterocycles. The molecule has 278 valence electrons. The van der Waals surface area contributed by atoms with E-state index in [-0.39, 0.29) is 12.5 Å². The minimum Gasteiger partial charge on any atom is -0.394 e. The van der Waals surface area contributed by atoms with Crippen molar-refractivity contribution in [3.8, 4) is 0 Å². The Bertz CT molecular complexity index is 751. The van der Waals surface area contributed by atoms with Crippen molar-refractivity contribution in [3.05, 3.63) is 12.2 Å². The lowest BCUT2D eigenvalue weighted by Crippen LogP contribution is -2.60. The minimum absolute atomic E-state index is 0.186. The first-order valence-electron chi connectivity index (χ1n) is 19.4.